The van der Waals surface area contributed by atoms with Crippen LogP contribution in [0.15, 0.2) is 71.2 Å². The molecule has 0 fully saturated rings. The van der Waals surface area contributed by atoms with Crippen LogP contribution in [0.25, 0.3) is 0 Å². The number of hydrogen-bond acceptors (Lipinski definition) is 6. The lowest BCUT2D eigenvalue weighted by atomic mass is 10.1. The van der Waals surface area contributed by atoms with Crippen LogP contribution in [0.3, 0.4) is 0 Å². The standard InChI is InChI=1S/C22H17BrN2O6/c1-14(26)24-21-11-4-16(23)12-20(21)22(27)30-13-15-2-7-18(8-3-15)31-19-9-5-17(6-10-19)25(28)29/h2-12H,13H2,1H3,(H,24,26). The minimum Gasteiger partial charge on any atom is -0.457 e. The molecule has 9 heteroatoms. The van der Waals surface area contributed by atoms with E-state index < -0.39 is 10.9 Å². The minimum atomic E-state index is -0.573. The van der Waals surface area contributed by atoms with E-state index in [1.165, 1.54) is 31.2 Å². The molecule has 0 atom stereocenters. The number of nitrogens with zero attached hydrogens (tertiary/aromatic N) is 1. The average molecular weight is 485 g/mol. The highest BCUT2D eigenvalue weighted by Gasteiger charge is 2.15. The second kappa shape index (κ2) is 9.86. The maximum Gasteiger partial charge on any atom is 0.340 e. The molecule has 3 aromatic carbocycles. The predicted molar refractivity (Wildman–Crippen MR) is 117 cm³/mol. The molecule has 0 unspecified atom stereocenters. The molecule has 1 N–H and O–H groups in total. The van der Waals surface area contributed by atoms with Crippen molar-refractivity contribution in [3.8, 4) is 11.5 Å². The summed E-state index contributed by atoms with van der Waals surface area (Å²) in [5.41, 5.74) is 1.33. The van der Waals surface area contributed by atoms with Crippen molar-refractivity contribution >= 4 is 39.2 Å². The van der Waals surface area contributed by atoms with Gasteiger partial charge < -0.3 is 14.8 Å². The molecule has 158 valence electrons. The molecule has 0 aliphatic heterocycles. The number of carbonyl (C=O) groups excluding carboxylic acids is 2. The van der Waals surface area contributed by atoms with E-state index in [1.54, 1.807) is 42.5 Å². The van der Waals surface area contributed by atoms with Crippen LogP contribution >= 0.6 is 15.9 Å². The molecule has 0 bridgehead atoms. The Morgan fingerprint density at radius 1 is 1.00 bits per heavy atom. The topological polar surface area (TPSA) is 108 Å². The van der Waals surface area contributed by atoms with E-state index in [2.05, 4.69) is 21.2 Å². The van der Waals surface area contributed by atoms with Crippen LogP contribution in [-0.2, 0) is 16.1 Å². The Hall–Kier alpha value is -3.72. The molecule has 0 saturated heterocycles. The number of amides is 1. The number of nitro benzene ring substituents is 1. The van der Waals surface area contributed by atoms with Gasteiger partial charge in [0, 0.05) is 23.5 Å². The van der Waals surface area contributed by atoms with Crippen LogP contribution < -0.4 is 10.1 Å². The number of non-ortho nitro benzene ring substituents is 1. The van der Waals surface area contributed by atoms with E-state index in [4.69, 9.17) is 9.47 Å². The maximum atomic E-state index is 12.5. The van der Waals surface area contributed by atoms with Gasteiger partial charge >= 0.3 is 5.97 Å². The molecule has 0 heterocycles. The lowest BCUT2D eigenvalue weighted by molar-refractivity contribution is -0.384. The van der Waals surface area contributed by atoms with E-state index in [1.807, 2.05) is 0 Å². The zero-order chi connectivity index (χ0) is 22.4. The highest BCUT2D eigenvalue weighted by molar-refractivity contribution is 9.10. The fourth-order valence-electron chi connectivity index (χ4n) is 2.64. The lowest BCUT2D eigenvalue weighted by Gasteiger charge is -2.11. The fourth-order valence-corrected chi connectivity index (χ4v) is 3.00. The van der Waals surface area contributed by atoms with Crippen LogP contribution in [-0.4, -0.2) is 16.8 Å². The van der Waals surface area contributed by atoms with Crippen LogP contribution in [0.5, 0.6) is 11.5 Å². The predicted octanol–water partition coefficient (Wildman–Crippen LogP) is 5.47. The number of benzene rings is 3. The molecule has 8 nitrogen and oxygen atoms in total. The Labute approximate surface area is 186 Å². The second-order valence-electron chi connectivity index (χ2n) is 6.44. The van der Waals surface area contributed by atoms with E-state index in [9.17, 15) is 19.7 Å². The van der Waals surface area contributed by atoms with Crippen molar-refractivity contribution in [2.75, 3.05) is 5.32 Å². The summed E-state index contributed by atoms with van der Waals surface area (Å²) in [6.07, 6.45) is 0. The quantitative estimate of drug-likeness (QED) is 0.270. The van der Waals surface area contributed by atoms with E-state index in [0.29, 0.717) is 21.7 Å². The summed E-state index contributed by atoms with van der Waals surface area (Å²) in [5, 5.41) is 13.3. The summed E-state index contributed by atoms with van der Waals surface area (Å²) in [6.45, 7) is 1.39. The molecule has 0 saturated carbocycles. The number of nitrogens with one attached hydrogen (secondary N) is 1. The van der Waals surface area contributed by atoms with Gasteiger partial charge in [0.15, 0.2) is 0 Å². The zero-order valence-electron chi connectivity index (χ0n) is 16.3. The molecule has 0 aromatic heterocycles. The Kier molecular flexibility index (Phi) is 6.99. The number of nitro groups is 1. The first-order valence-electron chi connectivity index (χ1n) is 9.07. The second-order valence-corrected chi connectivity index (χ2v) is 7.36. The van der Waals surface area contributed by atoms with Crippen LogP contribution in [0.1, 0.15) is 22.8 Å². The third-order valence-corrected chi connectivity index (χ3v) is 4.58. The van der Waals surface area contributed by atoms with Gasteiger partial charge in [0.1, 0.15) is 18.1 Å². The van der Waals surface area contributed by atoms with Gasteiger partial charge in [0.05, 0.1) is 16.2 Å². The fraction of sp³-hybridized carbons (Fsp3) is 0.0909. The highest BCUT2D eigenvalue weighted by Crippen LogP contribution is 2.25. The van der Waals surface area contributed by atoms with Crippen LogP contribution in [0.4, 0.5) is 11.4 Å². The van der Waals surface area contributed by atoms with Crippen molar-refractivity contribution < 1.29 is 24.0 Å². The zero-order valence-corrected chi connectivity index (χ0v) is 17.9. The molecule has 31 heavy (non-hydrogen) atoms. The monoisotopic (exact) mass is 484 g/mol. The Balaban J connectivity index is 1.61. The molecule has 1 amide bonds. The number of ether oxygens (including phenoxy) is 2. The number of esters is 1. The summed E-state index contributed by atoms with van der Waals surface area (Å²) in [5.74, 6) is 0.130. The van der Waals surface area contributed by atoms with Gasteiger partial charge in [0.2, 0.25) is 5.91 Å². The Morgan fingerprint density at radius 2 is 1.61 bits per heavy atom. The SMILES string of the molecule is CC(=O)Nc1ccc(Br)cc1C(=O)OCc1ccc(Oc2ccc([N+](=O)[O-])cc2)cc1. The van der Waals surface area contributed by atoms with Crippen LogP contribution in [0.2, 0.25) is 0 Å². The highest BCUT2D eigenvalue weighted by atomic mass is 79.9. The Bertz CT molecular complexity index is 1110. The molecule has 3 aromatic rings. The summed E-state index contributed by atoms with van der Waals surface area (Å²) >= 11 is 3.31. The summed E-state index contributed by atoms with van der Waals surface area (Å²) in [4.78, 5) is 34.1. The van der Waals surface area contributed by atoms with Gasteiger partial charge in [-0.15, -0.1) is 0 Å². The molecular formula is C22H17BrN2O6. The summed E-state index contributed by atoms with van der Waals surface area (Å²) < 4.78 is 11.7. The molecule has 0 aliphatic rings. The number of halogens is 1. The van der Waals surface area contributed by atoms with Gasteiger partial charge in [-0.1, -0.05) is 28.1 Å². The van der Waals surface area contributed by atoms with Crippen molar-refractivity contribution in [2.24, 2.45) is 0 Å². The molecular weight excluding hydrogens is 468 g/mol. The number of hydrogen-bond donors (Lipinski definition) is 1. The summed E-state index contributed by atoms with van der Waals surface area (Å²) in [7, 11) is 0. The van der Waals surface area contributed by atoms with Crippen molar-refractivity contribution in [2.45, 2.75) is 13.5 Å². The van der Waals surface area contributed by atoms with Crippen molar-refractivity contribution in [3.05, 3.63) is 92.4 Å². The molecule has 0 aliphatic carbocycles. The molecule has 3 rings (SSSR count). The first-order chi connectivity index (χ1) is 14.8. The van der Waals surface area contributed by atoms with E-state index in [-0.39, 0.29) is 23.8 Å². The molecule has 0 spiro atoms. The van der Waals surface area contributed by atoms with Crippen molar-refractivity contribution in [1.82, 2.24) is 0 Å². The van der Waals surface area contributed by atoms with Crippen molar-refractivity contribution in [1.29, 1.82) is 0 Å². The van der Waals surface area contributed by atoms with Gasteiger partial charge in [0.25, 0.3) is 5.69 Å². The third-order valence-electron chi connectivity index (χ3n) is 4.09. The van der Waals surface area contributed by atoms with Gasteiger partial charge in [-0.05, 0) is 48.0 Å². The van der Waals surface area contributed by atoms with E-state index >= 15 is 0 Å². The third kappa shape index (κ3) is 6.13. The largest absolute Gasteiger partial charge is 0.457 e. The molecule has 0 radical (unpaired) electrons. The normalized spacial score (nSPS) is 10.3. The average Bonchev–Trinajstić information content (AvgIpc) is 2.74. The first kappa shape index (κ1) is 22.0. The number of carbonyl (C=O) groups is 2. The first-order valence-corrected chi connectivity index (χ1v) is 9.86. The smallest absolute Gasteiger partial charge is 0.340 e. The summed E-state index contributed by atoms with van der Waals surface area (Å²) in [6, 6.07) is 17.5. The van der Waals surface area contributed by atoms with E-state index in [0.717, 1.165) is 5.56 Å². The number of anilines is 1. The minimum absolute atomic E-state index is 0.0170. The van der Waals surface area contributed by atoms with Crippen LogP contribution in [0, 0.1) is 10.1 Å². The van der Waals surface area contributed by atoms with Gasteiger partial charge in [-0.3, -0.25) is 14.9 Å². The Morgan fingerprint density at radius 3 is 2.19 bits per heavy atom. The number of rotatable bonds is 7. The van der Waals surface area contributed by atoms with Gasteiger partial charge in [-0.25, -0.2) is 4.79 Å². The maximum absolute atomic E-state index is 12.5. The lowest BCUT2D eigenvalue weighted by Crippen LogP contribution is -2.13. The van der Waals surface area contributed by atoms with Gasteiger partial charge in [-0.2, -0.15) is 0 Å². The van der Waals surface area contributed by atoms with Crippen molar-refractivity contribution in [3.63, 3.8) is 0 Å².